The maximum atomic E-state index is 13.3. The van der Waals surface area contributed by atoms with Gasteiger partial charge in [0.05, 0.1) is 12.2 Å². The van der Waals surface area contributed by atoms with E-state index < -0.39 is 11.8 Å². The summed E-state index contributed by atoms with van der Waals surface area (Å²) in [5, 5.41) is 4.70. The Kier molecular flexibility index (Phi) is 4.65. The van der Waals surface area contributed by atoms with Crippen molar-refractivity contribution in [3.05, 3.63) is 29.6 Å². The molecule has 0 aromatic heterocycles. The molecule has 0 aliphatic heterocycles. The van der Waals surface area contributed by atoms with Crippen LogP contribution >= 0.6 is 0 Å². The van der Waals surface area contributed by atoms with E-state index in [4.69, 9.17) is 0 Å². The number of nitrogens with zero attached hydrogens (tertiary/aromatic N) is 1. The first kappa shape index (κ1) is 14.0. The zero-order valence-corrected chi connectivity index (χ0v) is 10.6. The fourth-order valence-electron chi connectivity index (χ4n) is 1.22. The number of rotatable bonds is 3. The molecule has 0 heterocycles. The van der Waals surface area contributed by atoms with Gasteiger partial charge in [-0.3, -0.25) is 4.79 Å². The molecule has 2 N–H and O–H groups in total. The van der Waals surface area contributed by atoms with E-state index in [1.54, 1.807) is 27.1 Å². The Morgan fingerprint density at radius 3 is 2.61 bits per heavy atom. The molecule has 0 unspecified atom stereocenters. The summed E-state index contributed by atoms with van der Waals surface area (Å²) in [6.07, 6.45) is 0. The average Bonchev–Trinajstić information content (AvgIpc) is 2.30. The maximum Gasteiger partial charge on any atom is 0.319 e. The molecule has 0 saturated carbocycles. The fourth-order valence-corrected chi connectivity index (χ4v) is 1.22. The maximum absolute atomic E-state index is 13.3. The molecule has 1 aromatic rings. The van der Waals surface area contributed by atoms with Crippen LogP contribution in [0.3, 0.4) is 0 Å². The van der Waals surface area contributed by atoms with Gasteiger partial charge in [0.25, 0.3) is 0 Å². The average molecular weight is 253 g/mol. The predicted molar refractivity (Wildman–Crippen MR) is 66.9 cm³/mol. The monoisotopic (exact) mass is 253 g/mol. The minimum absolute atomic E-state index is 0.0878. The van der Waals surface area contributed by atoms with Crippen LogP contribution in [0.4, 0.5) is 14.9 Å². The lowest BCUT2D eigenvalue weighted by Gasteiger charge is -2.12. The highest BCUT2D eigenvalue weighted by Crippen LogP contribution is 2.15. The van der Waals surface area contributed by atoms with Crippen molar-refractivity contribution in [3.8, 4) is 0 Å². The van der Waals surface area contributed by atoms with E-state index in [0.717, 1.165) is 5.56 Å². The molecule has 5 nitrogen and oxygen atoms in total. The lowest BCUT2D eigenvalue weighted by Crippen LogP contribution is -2.38. The van der Waals surface area contributed by atoms with Gasteiger partial charge in [0.2, 0.25) is 5.91 Å². The number of anilines is 1. The zero-order chi connectivity index (χ0) is 13.7. The Hall–Kier alpha value is -2.11. The van der Waals surface area contributed by atoms with E-state index in [0.29, 0.717) is 0 Å². The number of hydrogen-bond donors (Lipinski definition) is 2. The molecule has 6 heteroatoms. The Morgan fingerprint density at radius 1 is 1.33 bits per heavy atom. The Balaban J connectivity index is 2.55. The highest BCUT2D eigenvalue weighted by Gasteiger charge is 2.09. The highest BCUT2D eigenvalue weighted by molar-refractivity contribution is 5.92. The van der Waals surface area contributed by atoms with Crippen LogP contribution in [0.5, 0.6) is 0 Å². The second-order valence-electron chi connectivity index (χ2n) is 4.08. The molecule has 1 rings (SSSR count). The molecular formula is C12H16FN3O2. The molecule has 0 saturated heterocycles. The number of amides is 3. The summed E-state index contributed by atoms with van der Waals surface area (Å²) < 4.78 is 13.3. The van der Waals surface area contributed by atoms with Crippen LogP contribution in [0.1, 0.15) is 5.56 Å². The normalized spacial score (nSPS) is 9.78. The van der Waals surface area contributed by atoms with Crippen molar-refractivity contribution in [3.63, 3.8) is 0 Å². The molecular weight excluding hydrogens is 237 g/mol. The number of benzene rings is 1. The van der Waals surface area contributed by atoms with Gasteiger partial charge in [-0.25, -0.2) is 9.18 Å². The van der Waals surface area contributed by atoms with E-state index in [1.807, 2.05) is 0 Å². The molecule has 3 amide bonds. The molecule has 0 bridgehead atoms. The van der Waals surface area contributed by atoms with Gasteiger partial charge < -0.3 is 15.5 Å². The van der Waals surface area contributed by atoms with Gasteiger partial charge in [-0.1, -0.05) is 6.07 Å². The van der Waals surface area contributed by atoms with Crippen molar-refractivity contribution in [2.45, 2.75) is 6.92 Å². The van der Waals surface area contributed by atoms with Crippen molar-refractivity contribution in [2.75, 3.05) is 26.0 Å². The highest BCUT2D eigenvalue weighted by atomic mass is 19.1. The lowest BCUT2D eigenvalue weighted by molar-refractivity contribution is -0.127. The summed E-state index contributed by atoms with van der Waals surface area (Å²) in [4.78, 5) is 24.0. The third kappa shape index (κ3) is 4.04. The van der Waals surface area contributed by atoms with E-state index in [-0.39, 0.29) is 18.1 Å². The van der Waals surface area contributed by atoms with Gasteiger partial charge in [-0.05, 0) is 24.6 Å². The van der Waals surface area contributed by atoms with E-state index in [9.17, 15) is 14.0 Å². The SMILES string of the molecule is Cc1ccc(F)c(NC(=O)NCC(=O)N(C)C)c1. The second-order valence-corrected chi connectivity index (χ2v) is 4.08. The lowest BCUT2D eigenvalue weighted by atomic mass is 10.2. The van der Waals surface area contributed by atoms with Crippen LogP contribution in [-0.4, -0.2) is 37.5 Å². The molecule has 0 radical (unpaired) electrons. The Morgan fingerprint density at radius 2 is 2.00 bits per heavy atom. The van der Waals surface area contributed by atoms with Crippen molar-refractivity contribution in [1.29, 1.82) is 0 Å². The number of halogens is 1. The quantitative estimate of drug-likeness (QED) is 0.854. The smallest absolute Gasteiger partial charge is 0.319 e. The Labute approximate surface area is 105 Å². The van der Waals surface area contributed by atoms with E-state index in [2.05, 4.69) is 10.6 Å². The minimum atomic E-state index is -0.616. The van der Waals surface area contributed by atoms with Gasteiger partial charge in [0.15, 0.2) is 0 Å². The van der Waals surface area contributed by atoms with Crippen LogP contribution in [0.15, 0.2) is 18.2 Å². The molecule has 0 spiro atoms. The Bertz CT molecular complexity index is 461. The van der Waals surface area contributed by atoms with Gasteiger partial charge >= 0.3 is 6.03 Å². The molecule has 0 fully saturated rings. The van der Waals surface area contributed by atoms with Crippen LogP contribution < -0.4 is 10.6 Å². The summed E-state index contributed by atoms with van der Waals surface area (Å²) in [5.41, 5.74) is 0.917. The summed E-state index contributed by atoms with van der Waals surface area (Å²) >= 11 is 0. The largest absolute Gasteiger partial charge is 0.347 e. The first-order chi connectivity index (χ1) is 8.40. The van der Waals surface area contributed by atoms with Gasteiger partial charge in [-0.2, -0.15) is 0 Å². The van der Waals surface area contributed by atoms with Crippen molar-refractivity contribution in [1.82, 2.24) is 10.2 Å². The summed E-state index contributed by atoms with van der Waals surface area (Å²) in [6, 6.07) is 3.78. The number of carbonyl (C=O) groups is 2. The van der Waals surface area contributed by atoms with Gasteiger partial charge in [0, 0.05) is 14.1 Å². The van der Waals surface area contributed by atoms with Gasteiger partial charge in [-0.15, -0.1) is 0 Å². The number of hydrogen-bond acceptors (Lipinski definition) is 2. The van der Waals surface area contributed by atoms with E-state index in [1.165, 1.54) is 17.0 Å². The number of aryl methyl sites for hydroxylation is 1. The van der Waals surface area contributed by atoms with Crippen molar-refractivity contribution in [2.24, 2.45) is 0 Å². The summed E-state index contributed by atoms with van der Waals surface area (Å²) in [6.45, 7) is 1.66. The van der Waals surface area contributed by atoms with Crippen LogP contribution in [0, 0.1) is 12.7 Å². The zero-order valence-electron chi connectivity index (χ0n) is 10.6. The standard InChI is InChI=1S/C12H16FN3O2/c1-8-4-5-9(13)10(6-8)15-12(18)14-7-11(17)16(2)3/h4-6H,7H2,1-3H3,(H2,14,15,18). The molecule has 98 valence electrons. The third-order valence-electron chi connectivity index (χ3n) is 2.27. The molecule has 0 aliphatic carbocycles. The summed E-state index contributed by atoms with van der Waals surface area (Å²) in [7, 11) is 3.17. The van der Waals surface area contributed by atoms with Gasteiger partial charge in [0.1, 0.15) is 5.82 Å². The first-order valence-electron chi connectivity index (χ1n) is 5.41. The number of likely N-dealkylation sites (N-methyl/N-ethyl adjacent to an activating group) is 1. The minimum Gasteiger partial charge on any atom is -0.347 e. The van der Waals surface area contributed by atoms with Crippen LogP contribution in [0.2, 0.25) is 0 Å². The topological polar surface area (TPSA) is 61.4 Å². The summed E-state index contributed by atoms with van der Waals surface area (Å²) in [5.74, 6) is -0.760. The van der Waals surface area contributed by atoms with Crippen LogP contribution in [-0.2, 0) is 4.79 Å². The molecule has 0 aliphatic rings. The van der Waals surface area contributed by atoms with Crippen molar-refractivity contribution < 1.29 is 14.0 Å². The third-order valence-corrected chi connectivity index (χ3v) is 2.27. The second kappa shape index (κ2) is 6.00. The number of nitrogens with one attached hydrogen (secondary N) is 2. The molecule has 1 aromatic carbocycles. The number of urea groups is 1. The van der Waals surface area contributed by atoms with E-state index >= 15 is 0 Å². The van der Waals surface area contributed by atoms with Crippen LogP contribution in [0.25, 0.3) is 0 Å². The van der Waals surface area contributed by atoms with Crippen molar-refractivity contribution >= 4 is 17.6 Å². The predicted octanol–water partition coefficient (Wildman–Crippen LogP) is 1.34. The number of carbonyl (C=O) groups excluding carboxylic acids is 2. The molecule has 18 heavy (non-hydrogen) atoms. The molecule has 0 atom stereocenters. The fraction of sp³-hybridized carbons (Fsp3) is 0.333. The first-order valence-corrected chi connectivity index (χ1v) is 5.41.